The van der Waals surface area contributed by atoms with E-state index in [1.54, 1.807) is 0 Å². The third kappa shape index (κ3) is 3.35. The van der Waals surface area contributed by atoms with Crippen LogP contribution < -0.4 is 0 Å². The van der Waals surface area contributed by atoms with Crippen LogP contribution in [0, 0.1) is 5.82 Å². The molecule has 0 nitrogen and oxygen atoms in total. The van der Waals surface area contributed by atoms with E-state index < -0.39 is 0 Å². The molecule has 0 aliphatic heterocycles. The van der Waals surface area contributed by atoms with Crippen molar-refractivity contribution < 1.29 is 4.39 Å². The minimum absolute atomic E-state index is 0.147. The molecule has 0 aliphatic carbocycles. The van der Waals surface area contributed by atoms with Crippen molar-refractivity contribution in [2.75, 3.05) is 0 Å². The van der Waals surface area contributed by atoms with Gasteiger partial charge in [0.05, 0.1) is 0 Å². The molecule has 0 aliphatic rings. The first-order chi connectivity index (χ1) is 10.1. The first kappa shape index (κ1) is 14.7. The van der Waals surface area contributed by atoms with Crippen molar-refractivity contribution in [3.05, 3.63) is 82.1 Å². The second-order valence-corrected chi connectivity index (χ2v) is 6.98. The lowest BCUT2D eigenvalue weighted by Crippen LogP contribution is -1.97. The molecule has 3 aromatic rings. The third-order valence-corrected chi connectivity index (χ3v) is 5.03. The van der Waals surface area contributed by atoms with Crippen molar-refractivity contribution in [3.63, 3.8) is 0 Å². The summed E-state index contributed by atoms with van der Waals surface area (Å²) in [5.74, 6) is -0.226. The van der Waals surface area contributed by atoms with Gasteiger partial charge in [0.15, 0.2) is 0 Å². The van der Waals surface area contributed by atoms with Gasteiger partial charge in [0, 0.05) is 9.30 Å². The highest BCUT2D eigenvalue weighted by Crippen LogP contribution is 2.33. The summed E-state index contributed by atoms with van der Waals surface area (Å²) in [4.78, 5) is 0.147. The third-order valence-electron chi connectivity index (χ3n) is 3.53. The van der Waals surface area contributed by atoms with Gasteiger partial charge in [0.1, 0.15) is 5.82 Å². The van der Waals surface area contributed by atoms with Crippen LogP contribution in [0.4, 0.5) is 4.39 Å². The summed E-state index contributed by atoms with van der Waals surface area (Å²) >= 11 is 7.14. The summed E-state index contributed by atoms with van der Waals surface area (Å²) in [6, 6.07) is 19.6. The van der Waals surface area contributed by atoms with E-state index in [-0.39, 0.29) is 10.6 Å². The maximum absolute atomic E-state index is 13.2. The van der Waals surface area contributed by atoms with Gasteiger partial charge in [-0.25, -0.2) is 4.39 Å². The van der Waals surface area contributed by atoms with E-state index >= 15 is 0 Å². The fraction of sp³-hybridized carbons (Fsp3) is 0.111. The molecule has 0 aromatic heterocycles. The zero-order valence-electron chi connectivity index (χ0n) is 11.2. The predicted octanol–water partition coefficient (Wildman–Crippen LogP) is 6.42. The van der Waals surface area contributed by atoms with Gasteiger partial charge in [-0.3, -0.25) is 0 Å². The van der Waals surface area contributed by atoms with Gasteiger partial charge in [0.25, 0.3) is 0 Å². The molecule has 0 bridgehead atoms. The van der Waals surface area contributed by atoms with E-state index in [0.717, 1.165) is 16.5 Å². The summed E-state index contributed by atoms with van der Waals surface area (Å²) in [6.07, 6.45) is 0.856. The summed E-state index contributed by atoms with van der Waals surface area (Å²) in [5.41, 5.74) is 2.32. The van der Waals surface area contributed by atoms with Crippen LogP contribution in [0.25, 0.3) is 10.8 Å². The van der Waals surface area contributed by atoms with Crippen molar-refractivity contribution >= 4 is 42.6 Å². The number of halogens is 3. The molecule has 3 aromatic carbocycles. The Kier molecular flexibility index (Phi) is 4.41. The largest absolute Gasteiger partial charge is 0.207 e. The highest BCUT2D eigenvalue weighted by atomic mass is 79.9. The number of hydrogen-bond acceptors (Lipinski definition) is 0. The van der Waals surface area contributed by atoms with Crippen LogP contribution in [0.1, 0.15) is 16.0 Å². The predicted molar refractivity (Wildman–Crippen MR) is 93.4 cm³/mol. The summed E-state index contributed by atoms with van der Waals surface area (Å²) < 4.78 is 14.0. The molecule has 0 N–H and O–H groups in total. The monoisotopic (exact) mass is 406 g/mol. The summed E-state index contributed by atoms with van der Waals surface area (Å²) in [7, 11) is 0. The van der Waals surface area contributed by atoms with Crippen molar-refractivity contribution in [2.24, 2.45) is 0 Å². The quantitative estimate of drug-likeness (QED) is 0.439. The van der Waals surface area contributed by atoms with E-state index in [2.05, 4.69) is 62.2 Å². The molecule has 106 valence electrons. The molecule has 0 saturated carbocycles. The fourth-order valence-electron chi connectivity index (χ4n) is 2.44. The van der Waals surface area contributed by atoms with E-state index in [4.69, 9.17) is 0 Å². The lowest BCUT2D eigenvalue weighted by Gasteiger charge is -2.13. The fourth-order valence-corrected chi connectivity index (χ4v) is 4.15. The minimum Gasteiger partial charge on any atom is -0.207 e. The molecule has 0 heterocycles. The van der Waals surface area contributed by atoms with Crippen LogP contribution in [0.3, 0.4) is 0 Å². The van der Waals surface area contributed by atoms with Crippen LogP contribution in [-0.2, 0) is 6.42 Å². The van der Waals surface area contributed by atoms with Gasteiger partial charge in [-0.2, -0.15) is 0 Å². The summed E-state index contributed by atoms with van der Waals surface area (Å²) in [5, 5.41) is 2.49. The van der Waals surface area contributed by atoms with Crippen molar-refractivity contribution in [3.8, 4) is 0 Å². The standard InChI is InChI=1S/C18H13Br2F/c19-17(16-8-7-15(21)11-18(16)20)10-12-5-6-13-3-1-2-4-14(13)9-12/h1-9,11,17H,10H2. The van der Waals surface area contributed by atoms with Gasteiger partial charge in [-0.15, -0.1) is 0 Å². The van der Waals surface area contributed by atoms with Crippen molar-refractivity contribution in [1.29, 1.82) is 0 Å². The number of rotatable bonds is 3. The number of hydrogen-bond donors (Lipinski definition) is 0. The number of alkyl halides is 1. The molecule has 0 saturated heterocycles. The Bertz CT molecular complexity index is 783. The first-order valence-electron chi connectivity index (χ1n) is 6.70. The van der Waals surface area contributed by atoms with E-state index in [1.165, 1.54) is 28.5 Å². The normalized spacial score (nSPS) is 12.5. The Labute approximate surface area is 140 Å². The molecule has 0 spiro atoms. The van der Waals surface area contributed by atoms with Crippen molar-refractivity contribution in [1.82, 2.24) is 0 Å². The highest BCUT2D eigenvalue weighted by Gasteiger charge is 2.13. The molecule has 1 atom stereocenters. The Hall–Kier alpha value is -1.19. The van der Waals surface area contributed by atoms with E-state index in [1.807, 2.05) is 18.2 Å². The lowest BCUT2D eigenvalue weighted by molar-refractivity contribution is 0.626. The maximum atomic E-state index is 13.2. The summed E-state index contributed by atoms with van der Waals surface area (Å²) in [6.45, 7) is 0. The highest BCUT2D eigenvalue weighted by molar-refractivity contribution is 9.11. The zero-order chi connectivity index (χ0) is 14.8. The molecular formula is C18H13Br2F. The van der Waals surface area contributed by atoms with Gasteiger partial charge >= 0.3 is 0 Å². The molecule has 21 heavy (non-hydrogen) atoms. The second kappa shape index (κ2) is 6.29. The molecule has 1 unspecified atom stereocenters. The van der Waals surface area contributed by atoms with Gasteiger partial charge in [0.2, 0.25) is 0 Å². The van der Waals surface area contributed by atoms with Gasteiger partial charge < -0.3 is 0 Å². The van der Waals surface area contributed by atoms with E-state index in [9.17, 15) is 4.39 Å². The van der Waals surface area contributed by atoms with Gasteiger partial charge in [-0.05, 0) is 40.5 Å². The van der Waals surface area contributed by atoms with Crippen LogP contribution >= 0.6 is 31.9 Å². The Morgan fingerprint density at radius 2 is 1.67 bits per heavy atom. The van der Waals surface area contributed by atoms with E-state index in [0.29, 0.717) is 0 Å². The van der Waals surface area contributed by atoms with Gasteiger partial charge in [-0.1, -0.05) is 80.4 Å². The Balaban J connectivity index is 1.87. The lowest BCUT2D eigenvalue weighted by atomic mass is 10.0. The van der Waals surface area contributed by atoms with Crippen molar-refractivity contribution in [2.45, 2.75) is 11.2 Å². The SMILES string of the molecule is Fc1ccc(C(Br)Cc2ccc3ccccc3c2)c(Br)c1. The average Bonchev–Trinajstić information content (AvgIpc) is 2.47. The minimum atomic E-state index is -0.226. The molecule has 0 amide bonds. The molecule has 0 fully saturated rings. The van der Waals surface area contributed by atoms with Crippen LogP contribution in [0.2, 0.25) is 0 Å². The smallest absolute Gasteiger partial charge is 0.124 e. The molecule has 3 heteroatoms. The molecule has 3 rings (SSSR count). The number of benzene rings is 3. The number of fused-ring (bicyclic) bond motifs is 1. The Morgan fingerprint density at radius 1 is 0.905 bits per heavy atom. The van der Waals surface area contributed by atoms with Crippen LogP contribution in [0.15, 0.2) is 65.1 Å². The zero-order valence-corrected chi connectivity index (χ0v) is 14.4. The molecular weight excluding hydrogens is 395 g/mol. The first-order valence-corrected chi connectivity index (χ1v) is 8.41. The maximum Gasteiger partial charge on any atom is 0.124 e. The topological polar surface area (TPSA) is 0 Å². The average molecular weight is 408 g/mol. The van der Waals surface area contributed by atoms with Crippen LogP contribution in [0.5, 0.6) is 0 Å². The molecule has 0 radical (unpaired) electrons. The van der Waals surface area contributed by atoms with Crippen LogP contribution in [-0.4, -0.2) is 0 Å². The Morgan fingerprint density at radius 3 is 2.43 bits per heavy atom. The second-order valence-electron chi connectivity index (χ2n) is 5.02.